The highest BCUT2D eigenvalue weighted by Crippen LogP contribution is 2.41. The smallest absolute Gasteiger partial charge is 0.276 e. The first-order valence-electron chi connectivity index (χ1n) is 11.4. The lowest BCUT2D eigenvalue weighted by Crippen LogP contribution is -2.33. The van der Waals surface area contributed by atoms with E-state index in [2.05, 4.69) is 0 Å². The molecule has 0 N–H and O–H groups in total. The standard InChI is InChI=1S/C28H22N4O2S/c1-30(20-8-3-2-4-9-20)32-17-26(32)23-11-7-12-24(29-23)28(34)31-15-14-19-16-21(18-33)35-27(19)22-10-5-6-13-25(22)31/h2-13,16-18H,14-15H2,1H3. The average molecular weight is 479 g/mol. The molecule has 172 valence electrons. The minimum absolute atomic E-state index is 0.130. The number of carbonyl (C=O) groups excluding carboxylic acids is 2. The number of hydrogen-bond acceptors (Lipinski definition) is 6. The van der Waals surface area contributed by atoms with Gasteiger partial charge >= 0.3 is 0 Å². The van der Waals surface area contributed by atoms with Crippen LogP contribution in [0.25, 0.3) is 16.1 Å². The molecule has 0 bridgehead atoms. The van der Waals surface area contributed by atoms with Crippen molar-refractivity contribution in [2.24, 2.45) is 0 Å². The number of aromatic nitrogens is 1. The van der Waals surface area contributed by atoms with Gasteiger partial charge in [-0.25, -0.2) is 4.98 Å². The molecular formula is C28H22N4O2S. The van der Waals surface area contributed by atoms with E-state index >= 15 is 0 Å². The summed E-state index contributed by atoms with van der Waals surface area (Å²) in [7, 11) is 2.00. The Morgan fingerprint density at radius 1 is 1.03 bits per heavy atom. The van der Waals surface area contributed by atoms with Crippen molar-refractivity contribution in [2.75, 3.05) is 23.5 Å². The van der Waals surface area contributed by atoms with E-state index < -0.39 is 0 Å². The molecule has 7 heteroatoms. The number of benzene rings is 2. The Kier molecular flexibility index (Phi) is 5.19. The number of aldehydes is 1. The van der Waals surface area contributed by atoms with Crippen LogP contribution in [-0.2, 0) is 6.42 Å². The normalized spacial score (nSPS) is 13.9. The minimum atomic E-state index is -0.130. The largest absolute Gasteiger partial charge is 0.306 e. The van der Waals surface area contributed by atoms with Crippen LogP contribution in [0, 0.1) is 0 Å². The van der Waals surface area contributed by atoms with E-state index in [1.165, 1.54) is 11.3 Å². The first-order chi connectivity index (χ1) is 17.1. The number of pyridine rings is 1. The fourth-order valence-electron chi connectivity index (χ4n) is 4.51. The highest BCUT2D eigenvalue weighted by Gasteiger charge is 2.30. The van der Waals surface area contributed by atoms with Gasteiger partial charge in [0.15, 0.2) is 6.29 Å². The number of amides is 1. The lowest BCUT2D eigenvalue weighted by molar-refractivity contribution is 0.0982. The van der Waals surface area contributed by atoms with Crippen molar-refractivity contribution in [3.8, 4) is 10.4 Å². The maximum atomic E-state index is 13.7. The molecule has 1 amide bonds. The van der Waals surface area contributed by atoms with Crippen LogP contribution in [0.15, 0.2) is 85.1 Å². The zero-order chi connectivity index (χ0) is 23.9. The van der Waals surface area contributed by atoms with Gasteiger partial charge in [0, 0.05) is 24.0 Å². The Labute approximate surface area is 207 Å². The number of rotatable bonds is 5. The van der Waals surface area contributed by atoms with E-state index in [-0.39, 0.29) is 5.91 Å². The van der Waals surface area contributed by atoms with Crippen LogP contribution in [0.2, 0.25) is 0 Å². The predicted octanol–water partition coefficient (Wildman–Crippen LogP) is 5.49. The second-order valence-electron chi connectivity index (χ2n) is 8.47. The third-order valence-corrected chi connectivity index (χ3v) is 7.48. The zero-order valence-corrected chi connectivity index (χ0v) is 19.9. The van der Waals surface area contributed by atoms with Gasteiger partial charge in [-0.1, -0.05) is 42.5 Å². The van der Waals surface area contributed by atoms with Crippen LogP contribution in [0.4, 0.5) is 11.4 Å². The highest BCUT2D eigenvalue weighted by molar-refractivity contribution is 7.17. The van der Waals surface area contributed by atoms with Crippen molar-refractivity contribution >= 4 is 40.6 Å². The number of thiophene rings is 1. The fourth-order valence-corrected chi connectivity index (χ4v) is 5.57. The van der Waals surface area contributed by atoms with Gasteiger partial charge < -0.3 is 4.90 Å². The molecule has 4 aromatic rings. The Morgan fingerprint density at radius 3 is 2.66 bits per heavy atom. The summed E-state index contributed by atoms with van der Waals surface area (Å²) < 4.78 is 0. The third-order valence-electron chi connectivity index (χ3n) is 6.34. The summed E-state index contributed by atoms with van der Waals surface area (Å²) in [4.78, 5) is 33.4. The molecule has 0 radical (unpaired) electrons. The number of carbonyl (C=O) groups is 2. The average Bonchev–Trinajstić information content (AvgIpc) is 3.64. The van der Waals surface area contributed by atoms with Gasteiger partial charge in [-0.05, 0) is 48.4 Å². The lowest BCUT2D eigenvalue weighted by Gasteiger charge is -2.23. The number of hydrazine groups is 1. The van der Waals surface area contributed by atoms with E-state index in [0.717, 1.165) is 45.1 Å². The minimum Gasteiger partial charge on any atom is -0.306 e. The predicted molar refractivity (Wildman–Crippen MR) is 139 cm³/mol. The summed E-state index contributed by atoms with van der Waals surface area (Å²) in [6.45, 7) is 0.523. The Balaban J connectivity index is 1.28. The molecule has 6 rings (SSSR count). The van der Waals surface area contributed by atoms with Gasteiger partial charge in [0.2, 0.25) is 0 Å². The molecule has 2 aromatic carbocycles. The molecule has 35 heavy (non-hydrogen) atoms. The Hall–Kier alpha value is -4.23. The number of fused-ring (bicyclic) bond motifs is 3. The topological polar surface area (TPSA) is 56.5 Å². The van der Waals surface area contributed by atoms with Crippen LogP contribution in [0.3, 0.4) is 0 Å². The Morgan fingerprint density at radius 2 is 1.83 bits per heavy atom. The summed E-state index contributed by atoms with van der Waals surface area (Å²) in [6.07, 6.45) is 3.58. The first kappa shape index (κ1) is 21.3. The SMILES string of the molecule is CN(c1ccccc1)N1C=C1c1cccc(C(=O)N2CCc3cc(C=O)sc3-c3ccccc32)n1. The summed E-state index contributed by atoms with van der Waals surface area (Å²) in [5.41, 5.74) is 6.12. The van der Waals surface area contributed by atoms with E-state index in [4.69, 9.17) is 4.98 Å². The number of nitrogens with zero attached hydrogens (tertiary/aromatic N) is 4. The van der Waals surface area contributed by atoms with Gasteiger partial charge in [0.25, 0.3) is 5.91 Å². The van der Waals surface area contributed by atoms with Gasteiger partial charge in [-0.3, -0.25) is 19.6 Å². The van der Waals surface area contributed by atoms with E-state index in [0.29, 0.717) is 23.5 Å². The maximum Gasteiger partial charge on any atom is 0.276 e. The van der Waals surface area contributed by atoms with E-state index in [9.17, 15) is 9.59 Å². The third kappa shape index (κ3) is 3.80. The highest BCUT2D eigenvalue weighted by atomic mass is 32.1. The molecule has 0 fully saturated rings. The van der Waals surface area contributed by atoms with Crippen molar-refractivity contribution in [3.63, 3.8) is 0 Å². The number of anilines is 2. The summed E-state index contributed by atoms with van der Waals surface area (Å²) >= 11 is 1.48. The van der Waals surface area contributed by atoms with Crippen molar-refractivity contribution in [1.29, 1.82) is 0 Å². The van der Waals surface area contributed by atoms with E-state index in [1.54, 1.807) is 6.07 Å². The maximum absolute atomic E-state index is 13.7. The van der Waals surface area contributed by atoms with Crippen molar-refractivity contribution in [2.45, 2.75) is 6.42 Å². The van der Waals surface area contributed by atoms with Crippen LogP contribution in [0.1, 0.15) is 31.4 Å². The molecule has 4 heterocycles. The Bertz CT molecular complexity index is 1480. The lowest BCUT2D eigenvalue weighted by atomic mass is 10.1. The monoisotopic (exact) mass is 478 g/mol. The fraction of sp³-hybridized carbons (Fsp3) is 0.107. The molecule has 0 spiro atoms. The molecule has 0 unspecified atom stereocenters. The van der Waals surface area contributed by atoms with Gasteiger partial charge in [-0.2, -0.15) is 0 Å². The molecule has 0 saturated carbocycles. The zero-order valence-electron chi connectivity index (χ0n) is 19.1. The molecule has 2 aromatic heterocycles. The van der Waals surface area contributed by atoms with Crippen LogP contribution >= 0.6 is 11.3 Å². The second kappa shape index (κ2) is 8.52. The summed E-state index contributed by atoms with van der Waals surface area (Å²) in [5.74, 6) is -0.130. The van der Waals surface area contributed by atoms with Gasteiger partial charge in [-0.15, -0.1) is 11.3 Å². The molecule has 0 saturated heterocycles. The number of para-hydroxylation sites is 2. The van der Waals surface area contributed by atoms with Crippen molar-refractivity contribution in [3.05, 3.63) is 107 Å². The molecule has 0 aliphatic carbocycles. The van der Waals surface area contributed by atoms with Gasteiger partial charge in [0.05, 0.1) is 28.1 Å². The molecule has 6 nitrogen and oxygen atoms in total. The van der Waals surface area contributed by atoms with Crippen molar-refractivity contribution in [1.82, 2.24) is 9.99 Å². The molecule has 0 atom stereocenters. The van der Waals surface area contributed by atoms with Gasteiger partial charge in [0.1, 0.15) is 11.4 Å². The quantitative estimate of drug-likeness (QED) is 0.355. The summed E-state index contributed by atoms with van der Waals surface area (Å²) in [6, 6.07) is 25.5. The van der Waals surface area contributed by atoms with Crippen LogP contribution in [0.5, 0.6) is 0 Å². The second-order valence-corrected chi connectivity index (χ2v) is 9.55. The summed E-state index contributed by atoms with van der Waals surface area (Å²) in [5, 5.41) is 4.07. The van der Waals surface area contributed by atoms with E-state index in [1.807, 2.05) is 101 Å². The molecular weight excluding hydrogens is 456 g/mol. The van der Waals surface area contributed by atoms with Crippen LogP contribution in [-0.4, -0.2) is 35.8 Å². The van der Waals surface area contributed by atoms with Crippen LogP contribution < -0.4 is 9.91 Å². The van der Waals surface area contributed by atoms with Crippen molar-refractivity contribution < 1.29 is 9.59 Å². The number of hydrogen-bond donors (Lipinski definition) is 0. The molecule has 2 aliphatic heterocycles. The molecule has 2 aliphatic rings. The first-order valence-corrected chi connectivity index (χ1v) is 12.2.